The smallest absolute Gasteiger partial charge is 0.135 e. The average Bonchev–Trinajstić information content (AvgIpc) is 2.37. The highest BCUT2D eigenvalue weighted by atomic mass is 19.1. The first kappa shape index (κ1) is 13.4. The van der Waals surface area contributed by atoms with Gasteiger partial charge in [0.2, 0.25) is 0 Å². The molecule has 0 bridgehead atoms. The molecule has 2 N–H and O–H groups in total. The molecule has 0 aliphatic heterocycles. The van der Waals surface area contributed by atoms with Crippen LogP contribution in [0.3, 0.4) is 0 Å². The average molecular weight is 263 g/mol. The third kappa shape index (κ3) is 2.86. The molecule has 0 amide bonds. The monoisotopic (exact) mass is 263 g/mol. The van der Waals surface area contributed by atoms with Gasteiger partial charge in [-0.2, -0.15) is 0 Å². The van der Waals surface area contributed by atoms with E-state index in [0.717, 1.165) is 23.7 Å². The van der Waals surface area contributed by atoms with Crippen LogP contribution in [0.1, 0.15) is 29.6 Å². The summed E-state index contributed by atoms with van der Waals surface area (Å²) in [7, 11) is 0. The number of nitrogens with two attached hydrogens (primary N) is 1. The van der Waals surface area contributed by atoms with Crippen molar-refractivity contribution >= 4 is 5.82 Å². The van der Waals surface area contributed by atoms with E-state index in [1.54, 1.807) is 0 Å². The van der Waals surface area contributed by atoms with Gasteiger partial charge in [-0.3, -0.25) is 0 Å². The maximum atomic E-state index is 13.6. The number of aryl methyl sites for hydroxylation is 1. The number of rotatable bonds is 3. The van der Waals surface area contributed by atoms with Gasteiger partial charge >= 0.3 is 0 Å². The van der Waals surface area contributed by atoms with Gasteiger partial charge in [-0.05, 0) is 25.0 Å². The molecule has 0 radical (unpaired) electrons. The van der Waals surface area contributed by atoms with E-state index >= 15 is 0 Å². The van der Waals surface area contributed by atoms with Crippen molar-refractivity contribution in [2.45, 2.75) is 26.7 Å². The number of anilines is 1. The topological polar surface area (TPSA) is 51.8 Å². The summed E-state index contributed by atoms with van der Waals surface area (Å²) in [6.45, 7) is 3.83. The Balaban J connectivity index is 2.35. The molecule has 0 unspecified atom stereocenters. The van der Waals surface area contributed by atoms with E-state index in [-0.39, 0.29) is 6.42 Å². The molecule has 0 aliphatic rings. The number of nitrogen functional groups attached to an aromatic ring is 1. The number of nitrogens with zero attached hydrogens (tertiary/aromatic N) is 2. The van der Waals surface area contributed by atoms with Crippen molar-refractivity contribution < 1.29 is 8.78 Å². The molecule has 0 fully saturated rings. The summed E-state index contributed by atoms with van der Waals surface area (Å²) in [6.07, 6.45) is 0.932. The summed E-state index contributed by atoms with van der Waals surface area (Å²) in [5.74, 6) is -0.338. The lowest BCUT2D eigenvalue weighted by atomic mass is 10.1. The molecule has 5 heteroatoms. The first-order chi connectivity index (χ1) is 9.01. The van der Waals surface area contributed by atoms with E-state index in [2.05, 4.69) is 9.97 Å². The standard InChI is InChI=1S/C14H15F2N3/c1-3-12-8(2)14(17)19-13(18-12)6-9-4-5-10(15)7-11(9)16/h4-5,7H,3,6H2,1-2H3,(H2,17,18,19). The first-order valence-electron chi connectivity index (χ1n) is 6.07. The third-order valence-electron chi connectivity index (χ3n) is 3.03. The van der Waals surface area contributed by atoms with Crippen molar-refractivity contribution in [3.05, 3.63) is 52.5 Å². The third-order valence-corrected chi connectivity index (χ3v) is 3.03. The predicted molar refractivity (Wildman–Crippen MR) is 69.7 cm³/mol. The molecule has 1 aromatic heterocycles. The fourth-order valence-electron chi connectivity index (χ4n) is 1.89. The number of hydrogen-bond acceptors (Lipinski definition) is 3. The van der Waals surface area contributed by atoms with Gasteiger partial charge in [0.15, 0.2) is 0 Å². The van der Waals surface area contributed by atoms with E-state index in [9.17, 15) is 8.78 Å². The van der Waals surface area contributed by atoms with Crippen molar-refractivity contribution in [1.29, 1.82) is 0 Å². The summed E-state index contributed by atoms with van der Waals surface area (Å²) in [5, 5.41) is 0. The molecule has 19 heavy (non-hydrogen) atoms. The van der Waals surface area contributed by atoms with Crippen molar-refractivity contribution in [3.63, 3.8) is 0 Å². The maximum absolute atomic E-state index is 13.6. The molecule has 0 atom stereocenters. The zero-order valence-electron chi connectivity index (χ0n) is 10.9. The van der Waals surface area contributed by atoms with Crippen molar-refractivity contribution in [2.24, 2.45) is 0 Å². The van der Waals surface area contributed by atoms with E-state index in [1.807, 2.05) is 13.8 Å². The minimum atomic E-state index is -0.597. The van der Waals surface area contributed by atoms with Crippen molar-refractivity contribution in [1.82, 2.24) is 9.97 Å². The summed E-state index contributed by atoms with van der Waals surface area (Å²) in [5.41, 5.74) is 7.87. The number of aromatic nitrogens is 2. The lowest BCUT2D eigenvalue weighted by molar-refractivity contribution is 0.573. The maximum Gasteiger partial charge on any atom is 0.135 e. The summed E-state index contributed by atoms with van der Waals surface area (Å²) in [4.78, 5) is 8.51. The minimum absolute atomic E-state index is 0.198. The molecule has 1 aromatic carbocycles. The fourth-order valence-corrected chi connectivity index (χ4v) is 1.89. The molecular formula is C14H15F2N3. The normalized spacial score (nSPS) is 10.7. The van der Waals surface area contributed by atoms with Crippen LogP contribution in [0, 0.1) is 18.6 Å². The molecule has 2 aromatic rings. The Labute approximate surface area is 110 Å². The zero-order chi connectivity index (χ0) is 14.0. The quantitative estimate of drug-likeness (QED) is 0.926. The lowest BCUT2D eigenvalue weighted by Crippen LogP contribution is -2.08. The van der Waals surface area contributed by atoms with Gasteiger partial charge in [0.1, 0.15) is 23.3 Å². The number of benzene rings is 1. The molecule has 0 aliphatic carbocycles. The molecular weight excluding hydrogens is 248 g/mol. The summed E-state index contributed by atoms with van der Waals surface area (Å²) >= 11 is 0. The largest absolute Gasteiger partial charge is 0.383 e. The van der Waals surface area contributed by atoms with Gasteiger partial charge in [-0.1, -0.05) is 13.0 Å². The number of hydrogen-bond donors (Lipinski definition) is 1. The molecule has 100 valence electrons. The number of halogens is 2. The van der Waals surface area contributed by atoms with Gasteiger partial charge < -0.3 is 5.73 Å². The highest BCUT2D eigenvalue weighted by molar-refractivity contribution is 5.41. The van der Waals surface area contributed by atoms with Gasteiger partial charge in [-0.25, -0.2) is 18.7 Å². The van der Waals surface area contributed by atoms with Crippen LogP contribution in [0.15, 0.2) is 18.2 Å². The SMILES string of the molecule is CCc1nc(Cc2ccc(F)cc2F)nc(N)c1C. The highest BCUT2D eigenvalue weighted by Gasteiger charge is 2.10. The second-order valence-electron chi connectivity index (χ2n) is 4.36. The van der Waals surface area contributed by atoms with Crippen LogP contribution in [-0.4, -0.2) is 9.97 Å². The summed E-state index contributed by atoms with van der Waals surface area (Å²) < 4.78 is 26.4. The van der Waals surface area contributed by atoms with Crippen LogP contribution in [0.25, 0.3) is 0 Å². The van der Waals surface area contributed by atoms with E-state index in [0.29, 0.717) is 17.2 Å². The predicted octanol–water partition coefficient (Wildman–Crippen LogP) is 2.80. The Kier molecular flexibility index (Phi) is 3.74. The van der Waals surface area contributed by atoms with Gasteiger partial charge in [0.05, 0.1) is 0 Å². The highest BCUT2D eigenvalue weighted by Crippen LogP contribution is 2.17. The minimum Gasteiger partial charge on any atom is -0.383 e. The zero-order valence-corrected chi connectivity index (χ0v) is 10.9. The molecule has 0 spiro atoms. The van der Waals surface area contributed by atoms with Gasteiger partial charge in [0, 0.05) is 23.7 Å². The van der Waals surface area contributed by atoms with Crippen LogP contribution >= 0.6 is 0 Å². The van der Waals surface area contributed by atoms with Crippen LogP contribution in [0.4, 0.5) is 14.6 Å². The Bertz CT molecular complexity index is 612. The van der Waals surface area contributed by atoms with E-state index < -0.39 is 11.6 Å². The van der Waals surface area contributed by atoms with Crippen LogP contribution in [0.2, 0.25) is 0 Å². The molecule has 0 saturated heterocycles. The van der Waals surface area contributed by atoms with Crippen LogP contribution in [0.5, 0.6) is 0 Å². The summed E-state index contributed by atoms with van der Waals surface area (Å²) in [6, 6.07) is 3.47. The lowest BCUT2D eigenvalue weighted by Gasteiger charge is -2.09. The Morgan fingerprint density at radius 3 is 2.58 bits per heavy atom. The van der Waals surface area contributed by atoms with Crippen LogP contribution in [-0.2, 0) is 12.8 Å². The Morgan fingerprint density at radius 2 is 1.95 bits per heavy atom. The fraction of sp³-hybridized carbons (Fsp3) is 0.286. The van der Waals surface area contributed by atoms with Gasteiger partial charge in [0.25, 0.3) is 0 Å². The molecule has 0 saturated carbocycles. The van der Waals surface area contributed by atoms with E-state index in [4.69, 9.17) is 5.73 Å². The van der Waals surface area contributed by atoms with E-state index in [1.165, 1.54) is 12.1 Å². The second kappa shape index (κ2) is 5.30. The Hall–Kier alpha value is -2.04. The first-order valence-corrected chi connectivity index (χ1v) is 6.07. The molecule has 1 heterocycles. The second-order valence-corrected chi connectivity index (χ2v) is 4.36. The molecule has 2 rings (SSSR count). The van der Waals surface area contributed by atoms with Crippen LogP contribution < -0.4 is 5.73 Å². The molecule has 3 nitrogen and oxygen atoms in total. The van der Waals surface area contributed by atoms with Crippen molar-refractivity contribution in [2.75, 3.05) is 5.73 Å². The van der Waals surface area contributed by atoms with Crippen molar-refractivity contribution in [3.8, 4) is 0 Å². The van der Waals surface area contributed by atoms with Gasteiger partial charge in [-0.15, -0.1) is 0 Å². The Morgan fingerprint density at radius 1 is 1.21 bits per heavy atom.